The number of carbonyl (C=O) groups is 6. The molecule has 4 rings (SSSR count). The molecule has 0 aromatic rings. The summed E-state index contributed by atoms with van der Waals surface area (Å²) in [4.78, 5) is 84.7. The number of Topliss-reactive ketones (excluding diaryl/α,β-unsaturated/α-hetero) is 3. The van der Waals surface area contributed by atoms with Gasteiger partial charge in [0, 0.05) is 71.5 Å². The van der Waals surface area contributed by atoms with E-state index < -0.39 is 102 Å². The van der Waals surface area contributed by atoms with Gasteiger partial charge in [0.2, 0.25) is 5.79 Å². The molecule has 2 bridgehead atoms. The van der Waals surface area contributed by atoms with E-state index in [-0.39, 0.29) is 62.4 Å². The molecular weight excluding hydrogens is 931 g/mol. The molecule has 0 spiro atoms. The number of esters is 1. The normalized spacial score (nSPS) is 37.5. The van der Waals surface area contributed by atoms with Crippen molar-refractivity contribution in [1.29, 1.82) is 0 Å². The van der Waals surface area contributed by atoms with Crippen molar-refractivity contribution in [3.05, 3.63) is 47.6 Å². The van der Waals surface area contributed by atoms with Crippen LogP contribution in [0.25, 0.3) is 0 Å². The van der Waals surface area contributed by atoms with Crippen molar-refractivity contribution in [1.82, 2.24) is 4.90 Å². The molecule has 1 aliphatic carbocycles. The van der Waals surface area contributed by atoms with Crippen LogP contribution in [0.4, 0.5) is 4.79 Å². The maximum atomic E-state index is 14.5. The largest absolute Gasteiger partial charge is 0.508 e. The highest BCUT2D eigenvalue weighted by Gasteiger charge is 2.53. The van der Waals surface area contributed by atoms with Crippen molar-refractivity contribution in [3.8, 4) is 0 Å². The lowest BCUT2D eigenvalue weighted by Gasteiger charge is -2.42. The zero-order chi connectivity index (χ0) is 53.3. The summed E-state index contributed by atoms with van der Waals surface area (Å²) in [5.74, 6) is -8.45. The number of aliphatic hydroxyl groups is 3. The monoisotopic (exact) mass is 1020 g/mol. The number of piperidine rings is 1. The second kappa shape index (κ2) is 29.1. The maximum absolute atomic E-state index is 14.5. The van der Waals surface area contributed by atoms with Crippen molar-refractivity contribution < 1.29 is 77.2 Å². The van der Waals surface area contributed by atoms with Crippen LogP contribution in [0.3, 0.4) is 0 Å². The molecule has 0 aromatic heterocycles. The summed E-state index contributed by atoms with van der Waals surface area (Å²) in [5.41, 5.74) is 1.22. The van der Waals surface area contributed by atoms with Crippen LogP contribution < -0.4 is 0 Å². The molecule has 3 heterocycles. The zero-order valence-electron chi connectivity index (χ0n) is 44.5. The van der Waals surface area contributed by atoms with E-state index in [0.717, 1.165) is 5.57 Å². The second-order valence-electron chi connectivity index (χ2n) is 20.9. The first-order valence-corrected chi connectivity index (χ1v) is 26.1. The zero-order valence-corrected chi connectivity index (χ0v) is 44.5. The number of hydrogen-bond donors (Lipinski definition) is 3. The number of amides is 1. The Morgan fingerprint density at radius 1 is 0.875 bits per heavy atom. The van der Waals surface area contributed by atoms with Crippen LogP contribution in [0, 0.1) is 35.5 Å². The number of allylic oxidation sites excluding steroid dienone is 6. The number of fused-ring (bicyclic) bond motifs is 3. The smallest absolute Gasteiger partial charge is 0.460 e. The number of nitrogens with zero attached hydrogens (tertiary/aromatic N) is 1. The lowest BCUT2D eigenvalue weighted by molar-refractivity contribution is -0.265. The van der Waals surface area contributed by atoms with Gasteiger partial charge in [0.1, 0.15) is 36.2 Å². The quantitative estimate of drug-likeness (QED) is 0.0892. The molecule has 1 amide bonds. The van der Waals surface area contributed by atoms with E-state index in [0.29, 0.717) is 69.8 Å². The molecular formula is C55H85NO16. The molecule has 0 radical (unpaired) electrons. The molecule has 2 saturated heterocycles. The van der Waals surface area contributed by atoms with E-state index in [2.05, 4.69) is 0 Å². The fourth-order valence-corrected chi connectivity index (χ4v) is 10.6. The Morgan fingerprint density at radius 2 is 1.61 bits per heavy atom. The van der Waals surface area contributed by atoms with Gasteiger partial charge >= 0.3 is 12.1 Å². The third-order valence-corrected chi connectivity index (χ3v) is 15.2. The fraction of sp³-hybridized carbons (Fsp3) is 0.745. The van der Waals surface area contributed by atoms with Gasteiger partial charge in [-0.1, -0.05) is 71.1 Å². The Kier molecular flexibility index (Phi) is 24.4. The lowest BCUT2D eigenvalue weighted by Crippen LogP contribution is -2.61. The number of cyclic esters (lactones) is 1. The number of rotatable bonds is 10. The van der Waals surface area contributed by atoms with E-state index in [9.17, 15) is 39.0 Å². The van der Waals surface area contributed by atoms with Gasteiger partial charge < -0.3 is 53.4 Å². The third kappa shape index (κ3) is 16.7. The van der Waals surface area contributed by atoms with Gasteiger partial charge in [0.05, 0.1) is 24.9 Å². The van der Waals surface area contributed by atoms with Gasteiger partial charge in [-0.25, -0.2) is 9.59 Å². The Morgan fingerprint density at radius 3 is 2.29 bits per heavy atom. The van der Waals surface area contributed by atoms with E-state index in [1.807, 2.05) is 51.2 Å². The summed E-state index contributed by atoms with van der Waals surface area (Å²) in [6.45, 7) is 12.5. The predicted octanol–water partition coefficient (Wildman–Crippen LogP) is 6.72. The number of ether oxygens (including phenoxy) is 7. The minimum atomic E-state index is -2.46. The van der Waals surface area contributed by atoms with Crippen molar-refractivity contribution in [2.24, 2.45) is 35.5 Å². The number of carbonyl (C=O) groups excluding carboxylic acids is 6. The summed E-state index contributed by atoms with van der Waals surface area (Å²) in [7, 11) is 4.46. The summed E-state index contributed by atoms with van der Waals surface area (Å²) in [6, 6.07) is -1.19. The van der Waals surface area contributed by atoms with Gasteiger partial charge in [0.25, 0.3) is 11.7 Å². The highest BCUT2D eigenvalue weighted by Crippen LogP contribution is 2.38. The Labute approximate surface area is 427 Å². The van der Waals surface area contributed by atoms with Gasteiger partial charge in [-0.2, -0.15) is 0 Å². The van der Waals surface area contributed by atoms with Crippen LogP contribution in [0.2, 0.25) is 0 Å². The third-order valence-electron chi connectivity index (χ3n) is 15.2. The van der Waals surface area contributed by atoms with Gasteiger partial charge in [-0.15, -0.1) is 0 Å². The van der Waals surface area contributed by atoms with Gasteiger partial charge in [0.15, 0.2) is 5.78 Å². The standard InChI is InChI=1S/C55H85NO16/c1-33-17-12-11-13-18-34(2)45(66-8)31-41-22-20-39(7)55(65,72-41)51(61)52(62)56-24-15-14-19-42(56)53(63)70-46(32-43(58)35(3)28-38(6)49(60)50(68-10)48(59)37(5)27-33)36(4)29-40-21-23-44(47(30-40)67-9)71-54(64)69-26-16-25-57/h11-13,17-18,28,33,35-37,39-42,44-47,49-50,57,60,65H,14-16,19-27,29-32H2,1-10H3/b13-11+,17-12+,34-18+,38-28+/t33-,35-,36-,37-,39-,40+,41+,42+,44-,45+,46+,47-,49-,50+,55-/m1/s1. The van der Waals surface area contributed by atoms with Crippen LogP contribution in [-0.2, 0) is 57.1 Å². The molecule has 1 saturated carbocycles. The molecule has 3 aliphatic heterocycles. The molecule has 3 fully saturated rings. The van der Waals surface area contributed by atoms with E-state index in [1.54, 1.807) is 40.9 Å². The molecule has 0 aromatic carbocycles. The average molecular weight is 1020 g/mol. The fourth-order valence-electron chi connectivity index (χ4n) is 10.6. The van der Waals surface area contributed by atoms with Crippen molar-refractivity contribution >= 4 is 35.4 Å². The van der Waals surface area contributed by atoms with E-state index in [1.165, 1.54) is 19.1 Å². The number of methoxy groups -OCH3 is 3. The summed E-state index contributed by atoms with van der Waals surface area (Å²) < 4.78 is 40.3. The minimum absolute atomic E-state index is 0.000776. The molecule has 406 valence electrons. The maximum Gasteiger partial charge on any atom is 0.508 e. The molecule has 17 heteroatoms. The summed E-state index contributed by atoms with van der Waals surface area (Å²) in [5, 5.41) is 32.5. The van der Waals surface area contributed by atoms with E-state index in [4.69, 9.17) is 38.3 Å². The van der Waals surface area contributed by atoms with Crippen molar-refractivity contribution in [2.45, 2.75) is 186 Å². The highest BCUT2D eigenvalue weighted by molar-refractivity contribution is 6.39. The predicted molar refractivity (Wildman–Crippen MR) is 267 cm³/mol. The number of ketones is 3. The molecule has 4 aliphatic rings. The summed E-state index contributed by atoms with van der Waals surface area (Å²) >= 11 is 0. The average Bonchev–Trinajstić information content (AvgIpc) is 3.35. The first kappa shape index (κ1) is 60.5. The SMILES string of the molecule is CO[C@H]1C[C@@H]2CC[C@@H](C)[C@@](O)(O2)C(=O)C(=O)N2CCCC[C@H]2C(=O)O[C@H]([C@H](C)C[C@@H]2CC[C@@H](OC(=O)OCCCO)[C@H](OC)C2)CC(=O)[C@H](C)/C=C(\C)[C@@H](O)[C@@H](OC)C(=O)[C@H](C)C[C@H](C)/C=C/C=C/C=C/1C. The Hall–Kier alpha value is -4.10. The summed E-state index contributed by atoms with van der Waals surface area (Å²) in [6.07, 6.45) is 9.65. The topological polar surface area (TPSA) is 231 Å². The Balaban J connectivity index is 1.68. The van der Waals surface area contributed by atoms with Crippen molar-refractivity contribution in [3.63, 3.8) is 0 Å². The van der Waals surface area contributed by atoms with Gasteiger partial charge in [-0.05, 0) is 107 Å². The van der Waals surface area contributed by atoms with Gasteiger partial charge in [-0.3, -0.25) is 19.2 Å². The first-order chi connectivity index (χ1) is 34.2. The second-order valence-corrected chi connectivity index (χ2v) is 20.9. The number of aliphatic hydroxyl groups excluding tert-OH is 2. The molecule has 3 N–H and O–H groups in total. The van der Waals surface area contributed by atoms with Crippen molar-refractivity contribution in [2.75, 3.05) is 41.1 Å². The van der Waals surface area contributed by atoms with Crippen LogP contribution >= 0.6 is 0 Å². The van der Waals surface area contributed by atoms with Crippen LogP contribution in [0.1, 0.15) is 132 Å². The molecule has 17 nitrogen and oxygen atoms in total. The lowest BCUT2D eigenvalue weighted by atomic mass is 9.78. The first-order valence-electron chi connectivity index (χ1n) is 26.1. The van der Waals surface area contributed by atoms with Crippen LogP contribution in [0.5, 0.6) is 0 Å². The number of hydrogen-bond acceptors (Lipinski definition) is 16. The highest BCUT2D eigenvalue weighted by atomic mass is 16.7. The molecule has 15 atom stereocenters. The van der Waals surface area contributed by atoms with E-state index >= 15 is 0 Å². The van der Waals surface area contributed by atoms with Crippen LogP contribution in [-0.4, -0.2) is 151 Å². The van der Waals surface area contributed by atoms with Crippen LogP contribution in [0.15, 0.2) is 47.6 Å². The Bertz CT molecular complexity index is 1950. The minimum Gasteiger partial charge on any atom is -0.460 e. The molecule has 0 unspecified atom stereocenters. The molecule has 72 heavy (non-hydrogen) atoms.